The van der Waals surface area contributed by atoms with Crippen molar-refractivity contribution in [3.8, 4) is 17.2 Å². The zero-order valence-electron chi connectivity index (χ0n) is 14.9. The van der Waals surface area contributed by atoms with Crippen LogP contribution in [0.3, 0.4) is 0 Å². The van der Waals surface area contributed by atoms with Crippen LogP contribution < -0.4 is 14.2 Å². The van der Waals surface area contributed by atoms with E-state index in [-0.39, 0.29) is 0 Å². The van der Waals surface area contributed by atoms with Crippen LogP contribution in [0.25, 0.3) is 0 Å². The molecule has 3 aromatic carbocycles. The van der Waals surface area contributed by atoms with Gasteiger partial charge in [0.1, 0.15) is 31.9 Å². The number of fused-ring (bicyclic) bond motifs is 1. The second-order valence-electron chi connectivity index (χ2n) is 5.87. The van der Waals surface area contributed by atoms with E-state index in [4.69, 9.17) is 37.4 Å². The van der Waals surface area contributed by atoms with Crippen molar-refractivity contribution < 1.29 is 19.0 Å². The number of benzene rings is 3. The number of halogens is 2. The van der Waals surface area contributed by atoms with Gasteiger partial charge < -0.3 is 14.2 Å². The largest absolute Gasteiger partial charge is 0.489 e. The fraction of sp³-hybridized carbons (Fsp3) is 0.136. The van der Waals surface area contributed by atoms with Gasteiger partial charge in [0.25, 0.3) is 0 Å². The minimum atomic E-state index is 0.487. The Hall–Kier alpha value is -2.69. The highest BCUT2D eigenvalue weighted by atomic mass is 35.5. The lowest BCUT2D eigenvalue weighted by Crippen LogP contribution is -2.15. The summed E-state index contributed by atoms with van der Waals surface area (Å²) < 4.78 is 16.1. The molecule has 0 spiro atoms. The molecule has 0 saturated heterocycles. The molecule has 0 unspecified atom stereocenters. The molecule has 0 aromatic heterocycles. The highest BCUT2D eigenvalue weighted by Crippen LogP contribution is 2.30. The second kappa shape index (κ2) is 10.0. The molecule has 0 amide bonds. The third-order valence-electron chi connectivity index (χ3n) is 3.84. The van der Waals surface area contributed by atoms with E-state index in [0.717, 1.165) is 17.6 Å². The Bertz CT molecular complexity index is 929. The third kappa shape index (κ3) is 5.65. The number of hydrogen-bond donors (Lipinski definition) is 0. The van der Waals surface area contributed by atoms with Crippen LogP contribution in [0.2, 0.25) is 10.0 Å². The molecule has 0 atom stereocenters. The van der Waals surface area contributed by atoms with Crippen molar-refractivity contribution in [2.24, 2.45) is 0 Å². The van der Waals surface area contributed by atoms with E-state index in [1.54, 1.807) is 24.3 Å². The number of hydrogen-bond acceptors (Lipinski definition) is 4. The molecule has 1 aliphatic heterocycles. The Morgan fingerprint density at radius 2 is 1.61 bits per heavy atom. The van der Waals surface area contributed by atoms with Crippen LogP contribution in [-0.4, -0.2) is 19.5 Å². The maximum Gasteiger partial charge on any atom is 0.162 e. The number of aldehydes is 1. The Kier molecular flexibility index (Phi) is 7.18. The Morgan fingerprint density at radius 1 is 0.857 bits per heavy atom. The summed E-state index contributed by atoms with van der Waals surface area (Å²) in [6.07, 6.45) is 0.790. The molecule has 28 heavy (non-hydrogen) atoms. The van der Waals surface area contributed by atoms with E-state index in [9.17, 15) is 4.79 Å². The molecule has 0 bridgehead atoms. The molecular weight excluding hydrogens is 399 g/mol. The van der Waals surface area contributed by atoms with Crippen LogP contribution in [0.5, 0.6) is 17.2 Å². The summed E-state index contributed by atoms with van der Waals surface area (Å²) in [5.74, 6) is 2.21. The van der Waals surface area contributed by atoms with Gasteiger partial charge in [0, 0.05) is 5.56 Å². The minimum absolute atomic E-state index is 0.487. The average Bonchev–Trinajstić information content (AvgIpc) is 2.75. The molecule has 6 heteroatoms. The summed E-state index contributed by atoms with van der Waals surface area (Å²) in [5, 5.41) is 1.11. The molecule has 0 saturated carbocycles. The van der Waals surface area contributed by atoms with E-state index in [0.29, 0.717) is 46.9 Å². The second-order valence-corrected chi connectivity index (χ2v) is 6.69. The Balaban J connectivity index is 0.000000167. The number of carbonyl (C=O) groups excluding carboxylic acids is 1. The van der Waals surface area contributed by atoms with Crippen molar-refractivity contribution in [2.75, 3.05) is 13.2 Å². The first kappa shape index (κ1) is 20.1. The first-order valence-corrected chi connectivity index (χ1v) is 9.38. The molecule has 0 N–H and O–H groups in total. The summed E-state index contributed by atoms with van der Waals surface area (Å²) in [6.45, 7) is 1.61. The third-order valence-corrected chi connectivity index (χ3v) is 4.57. The van der Waals surface area contributed by atoms with Crippen molar-refractivity contribution in [1.82, 2.24) is 0 Å². The van der Waals surface area contributed by atoms with Crippen molar-refractivity contribution >= 4 is 29.5 Å². The van der Waals surface area contributed by atoms with Crippen molar-refractivity contribution in [1.29, 1.82) is 0 Å². The summed E-state index contributed by atoms with van der Waals surface area (Å²) in [4.78, 5) is 10.4. The van der Waals surface area contributed by atoms with Gasteiger partial charge in [0.05, 0.1) is 10.0 Å². The lowest BCUT2D eigenvalue weighted by Gasteiger charge is -2.17. The van der Waals surface area contributed by atoms with Crippen molar-refractivity contribution in [2.45, 2.75) is 6.61 Å². The fourth-order valence-electron chi connectivity index (χ4n) is 2.45. The van der Waals surface area contributed by atoms with E-state index in [2.05, 4.69) is 0 Å². The van der Waals surface area contributed by atoms with Crippen LogP contribution in [0.15, 0.2) is 66.7 Å². The van der Waals surface area contributed by atoms with Crippen LogP contribution in [-0.2, 0) is 6.61 Å². The molecule has 1 aliphatic rings. The summed E-state index contributed by atoms with van der Waals surface area (Å²) in [6, 6.07) is 20.3. The zero-order chi connectivity index (χ0) is 19.8. The van der Waals surface area contributed by atoms with Crippen LogP contribution in [0.4, 0.5) is 0 Å². The summed E-state index contributed by atoms with van der Waals surface area (Å²) in [5.41, 5.74) is 1.61. The van der Waals surface area contributed by atoms with Crippen molar-refractivity contribution in [3.05, 3.63) is 87.9 Å². The van der Waals surface area contributed by atoms with Crippen molar-refractivity contribution in [3.63, 3.8) is 0 Å². The molecule has 3 aromatic rings. The quantitative estimate of drug-likeness (QED) is 0.500. The fourth-order valence-corrected chi connectivity index (χ4v) is 2.77. The lowest BCUT2D eigenvalue weighted by molar-refractivity contribution is 0.112. The molecule has 1 heterocycles. The molecule has 144 valence electrons. The first-order valence-electron chi connectivity index (χ1n) is 8.62. The zero-order valence-corrected chi connectivity index (χ0v) is 16.5. The highest BCUT2D eigenvalue weighted by molar-refractivity contribution is 6.42. The molecular formula is C22H18Cl2O4. The Labute approximate surface area is 173 Å². The van der Waals surface area contributed by atoms with E-state index in [1.807, 2.05) is 42.5 Å². The van der Waals surface area contributed by atoms with Gasteiger partial charge in [-0.3, -0.25) is 4.79 Å². The molecule has 0 radical (unpaired) electrons. The SMILES string of the molecule is Clc1ccc(COc2ccccc2)cc1Cl.O=Cc1ccc2c(c1)OCCO2. The minimum Gasteiger partial charge on any atom is -0.489 e. The van der Waals surface area contributed by atoms with E-state index < -0.39 is 0 Å². The van der Waals surface area contributed by atoms with Gasteiger partial charge in [-0.2, -0.15) is 0 Å². The Morgan fingerprint density at radius 3 is 2.32 bits per heavy atom. The summed E-state index contributed by atoms with van der Waals surface area (Å²) in [7, 11) is 0. The maximum atomic E-state index is 10.4. The highest BCUT2D eigenvalue weighted by Gasteiger charge is 2.10. The van der Waals surface area contributed by atoms with Gasteiger partial charge in [-0.25, -0.2) is 0 Å². The average molecular weight is 417 g/mol. The molecule has 0 fully saturated rings. The number of para-hydroxylation sites is 1. The van der Waals surface area contributed by atoms with Crippen LogP contribution in [0, 0.1) is 0 Å². The predicted molar refractivity (Wildman–Crippen MR) is 110 cm³/mol. The van der Waals surface area contributed by atoms with Gasteiger partial charge in [-0.05, 0) is 48.0 Å². The summed E-state index contributed by atoms with van der Waals surface area (Å²) >= 11 is 11.7. The van der Waals surface area contributed by atoms with E-state index in [1.165, 1.54) is 0 Å². The van der Waals surface area contributed by atoms with Crippen LogP contribution in [0.1, 0.15) is 15.9 Å². The predicted octanol–water partition coefficient (Wildman–Crippen LogP) is 5.84. The standard InChI is InChI=1S/C13H10Cl2O.C9H8O3/c14-12-7-6-10(8-13(12)15)9-16-11-4-2-1-3-5-11;10-6-7-1-2-8-9(5-7)12-4-3-11-8/h1-8H,9H2;1-2,5-6H,3-4H2. The van der Waals surface area contributed by atoms with Gasteiger partial charge in [0.15, 0.2) is 11.5 Å². The normalized spacial score (nSPS) is 11.8. The van der Waals surface area contributed by atoms with Gasteiger partial charge >= 0.3 is 0 Å². The lowest BCUT2D eigenvalue weighted by atomic mass is 10.2. The first-order chi connectivity index (χ1) is 13.7. The molecule has 4 nitrogen and oxygen atoms in total. The number of rotatable bonds is 4. The van der Waals surface area contributed by atoms with Gasteiger partial charge in [0.2, 0.25) is 0 Å². The van der Waals surface area contributed by atoms with Gasteiger partial charge in [-0.1, -0.05) is 47.5 Å². The topological polar surface area (TPSA) is 44.8 Å². The van der Waals surface area contributed by atoms with Gasteiger partial charge in [-0.15, -0.1) is 0 Å². The monoisotopic (exact) mass is 416 g/mol. The number of carbonyl (C=O) groups is 1. The van der Waals surface area contributed by atoms with Crippen LogP contribution >= 0.6 is 23.2 Å². The molecule has 4 rings (SSSR count). The molecule has 0 aliphatic carbocycles. The van der Waals surface area contributed by atoms with E-state index >= 15 is 0 Å². The number of ether oxygens (including phenoxy) is 3. The smallest absolute Gasteiger partial charge is 0.162 e. The maximum absolute atomic E-state index is 10.4.